The molecular weight excluding hydrogens is 255 g/mol. The molecule has 0 aromatic heterocycles. The number of benzene rings is 1. The summed E-state index contributed by atoms with van der Waals surface area (Å²) in [5.41, 5.74) is 1.07. The first-order chi connectivity index (χ1) is 8.15. The van der Waals surface area contributed by atoms with Gasteiger partial charge >= 0.3 is 0 Å². The summed E-state index contributed by atoms with van der Waals surface area (Å²) in [6.45, 7) is 0. The Hall–Kier alpha value is -0.530. The third kappa shape index (κ3) is 3.72. The Balaban J connectivity index is 2.08. The van der Waals surface area contributed by atoms with Crippen molar-refractivity contribution in [2.75, 3.05) is 0 Å². The van der Waals surface area contributed by atoms with Crippen molar-refractivity contribution in [2.24, 2.45) is 5.92 Å². The van der Waals surface area contributed by atoms with Gasteiger partial charge in [0.25, 0.3) is 0 Å². The Labute approximate surface area is 112 Å². The number of hydrogen-bond acceptors (Lipinski definition) is 1. The van der Waals surface area contributed by atoms with Gasteiger partial charge in [-0.1, -0.05) is 29.6 Å². The van der Waals surface area contributed by atoms with E-state index in [0.717, 1.165) is 42.7 Å². The molecule has 0 amide bonds. The molecule has 0 saturated heterocycles. The molecule has 1 aliphatic carbocycles. The van der Waals surface area contributed by atoms with E-state index < -0.39 is 0 Å². The van der Waals surface area contributed by atoms with Gasteiger partial charge < -0.3 is 0 Å². The van der Waals surface area contributed by atoms with Crippen LogP contribution in [0.3, 0.4) is 0 Å². The second-order valence-electron chi connectivity index (χ2n) is 4.79. The average molecular weight is 271 g/mol. The van der Waals surface area contributed by atoms with Gasteiger partial charge in [0, 0.05) is 22.9 Å². The molecule has 0 heterocycles. The molecule has 17 heavy (non-hydrogen) atoms. The zero-order valence-electron chi connectivity index (χ0n) is 9.72. The van der Waals surface area contributed by atoms with Gasteiger partial charge in [-0.3, -0.25) is 4.79 Å². The first-order valence-electron chi connectivity index (χ1n) is 6.11. The standard InChI is InChI=1S/C14H16Cl2O/c15-12-5-6-14(16)11(9-12)7-10-3-1-2-4-13(17)8-10/h5-6,9-10H,1-4,7-8H2. The maximum absolute atomic E-state index is 11.6. The number of halogens is 2. The lowest BCUT2D eigenvalue weighted by molar-refractivity contribution is -0.119. The van der Waals surface area contributed by atoms with E-state index in [1.54, 1.807) is 6.07 Å². The minimum absolute atomic E-state index is 0.394. The van der Waals surface area contributed by atoms with E-state index >= 15 is 0 Å². The van der Waals surface area contributed by atoms with Gasteiger partial charge in [0.05, 0.1) is 0 Å². The van der Waals surface area contributed by atoms with Crippen LogP contribution in [0.25, 0.3) is 0 Å². The number of hydrogen-bond donors (Lipinski definition) is 0. The molecule has 0 spiro atoms. The van der Waals surface area contributed by atoms with Crippen LogP contribution in [-0.4, -0.2) is 5.78 Å². The van der Waals surface area contributed by atoms with Gasteiger partial charge in [0.15, 0.2) is 0 Å². The Morgan fingerprint density at radius 2 is 2.06 bits per heavy atom. The molecule has 0 radical (unpaired) electrons. The van der Waals surface area contributed by atoms with Crippen molar-refractivity contribution >= 4 is 29.0 Å². The minimum Gasteiger partial charge on any atom is -0.300 e. The van der Waals surface area contributed by atoms with E-state index in [9.17, 15) is 4.79 Å². The van der Waals surface area contributed by atoms with E-state index in [4.69, 9.17) is 23.2 Å². The summed E-state index contributed by atoms with van der Waals surface area (Å²) in [5.74, 6) is 0.826. The first kappa shape index (κ1) is 12.9. The molecule has 1 aliphatic rings. The summed E-state index contributed by atoms with van der Waals surface area (Å²) in [4.78, 5) is 11.6. The second-order valence-corrected chi connectivity index (χ2v) is 5.64. The van der Waals surface area contributed by atoms with Crippen LogP contribution in [0.15, 0.2) is 18.2 Å². The highest BCUT2D eigenvalue weighted by Crippen LogP contribution is 2.28. The van der Waals surface area contributed by atoms with Gasteiger partial charge in [-0.05, 0) is 48.9 Å². The average Bonchev–Trinajstić information content (AvgIpc) is 2.48. The Bertz CT molecular complexity index is 415. The highest BCUT2D eigenvalue weighted by atomic mass is 35.5. The van der Waals surface area contributed by atoms with E-state index in [2.05, 4.69) is 0 Å². The number of carbonyl (C=O) groups is 1. The van der Waals surface area contributed by atoms with Gasteiger partial charge in [0.1, 0.15) is 5.78 Å². The predicted molar refractivity (Wildman–Crippen MR) is 71.7 cm³/mol. The molecule has 0 aliphatic heterocycles. The Morgan fingerprint density at radius 1 is 1.24 bits per heavy atom. The summed E-state index contributed by atoms with van der Waals surface area (Å²) >= 11 is 12.1. The number of carbonyl (C=O) groups excluding carboxylic acids is 1. The minimum atomic E-state index is 0.394. The zero-order valence-corrected chi connectivity index (χ0v) is 11.2. The highest BCUT2D eigenvalue weighted by Gasteiger charge is 2.19. The van der Waals surface area contributed by atoms with Crippen LogP contribution in [0.4, 0.5) is 0 Å². The molecule has 1 aromatic rings. The van der Waals surface area contributed by atoms with Gasteiger partial charge in [-0.15, -0.1) is 0 Å². The molecule has 1 unspecified atom stereocenters. The smallest absolute Gasteiger partial charge is 0.133 e. The summed E-state index contributed by atoms with van der Waals surface area (Å²) in [6.07, 6.45) is 5.62. The van der Waals surface area contributed by atoms with Crippen molar-refractivity contribution in [3.8, 4) is 0 Å². The SMILES string of the molecule is O=C1CCCCC(Cc2cc(Cl)ccc2Cl)C1. The lowest BCUT2D eigenvalue weighted by Gasteiger charge is -2.14. The molecule has 1 atom stereocenters. The van der Waals surface area contributed by atoms with Crippen molar-refractivity contribution in [3.63, 3.8) is 0 Å². The molecule has 1 fully saturated rings. The predicted octanol–water partition coefficient (Wildman–Crippen LogP) is 4.69. The topological polar surface area (TPSA) is 17.1 Å². The van der Waals surface area contributed by atoms with Crippen molar-refractivity contribution < 1.29 is 4.79 Å². The molecule has 2 rings (SSSR count). The van der Waals surface area contributed by atoms with E-state index in [1.807, 2.05) is 12.1 Å². The molecular formula is C14H16Cl2O. The van der Waals surface area contributed by atoms with Crippen LogP contribution >= 0.6 is 23.2 Å². The van der Waals surface area contributed by atoms with Crippen molar-refractivity contribution in [1.82, 2.24) is 0 Å². The summed E-state index contributed by atoms with van der Waals surface area (Å²) < 4.78 is 0. The highest BCUT2D eigenvalue weighted by molar-refractivity contribution is 6.33. The van der Waals surface area contributed by atoms with E-state index in [1.165, 1.54) is 0 Å². The van der Waals surface area contributed by atoms with Crippen LogP contribution < -0.4 is 0 Å². The number of rotatable bonds is 2. The second kappa shape index (κ2) is 5.88. The van der Waals surface area contributed by atoms with Crippen LogP contribution in [0.5, 0.6) is 0 Å². The molecule has 0 bridgehead atoms. The monoisotopic (exact) mass is 270 g/mol. The number of Topliss-reactive ketones (excluding diaryl/α,β-unsaturated/α-hetero) is 1. The van der Waals surface area contributed by atoms with Crippen LogP contribution in [0.1, 0.15) is 37.7 Å². The quantitative estimate of drug-likeness (QED) is 0.713. The van der Waals surface area contributed by atoms with E-state index in [-0.39, 0.29) is 0 Å². The first-order valence-corrected chi connectivity index (χ1v) is 6.86. The maximum atomic E-state index is 11.6. The molecule has 1 saturated carbocycles. The molecule has 1 aromatic carbocycles. The lowest BCUT2D eigenvalue weighted by atomic mass is 9.92. The third-order valence-electron chi connectivity index (χ3n) is 3.35. The normalized spacial score (nSPS) is 21.3. The fraction of sp³-hybridized carbons (Fsp3) is 0.500. The molecule has 92 valence electrons. The van der Waals surface area contributed by atoms with Crippen LogP contribution in [-0.2, 0) is 11.2 Å². The van der Waals surface area contributed by atoms with E-state index in [0.29, 0.717) is 23.1 Å². The Morgan fingerprint density at radius 3 is 2.88 bits per heavy atom. The summed E-state index contributed by atoms with van der Waals surface area (Å²) in [6, 6.07) is 5.54. The van der Waals surface area contributed by atoms with Crippen LogP contribution in [0, 0.1) is 5.92 Å². The fourth-order valence-corrected chi connectivity index (χ4v) is 2.86. The van der Waals surface area contributed by atoms with Crippen molar-refractivity contribution in [3.05, 3.63) is 33.8 Å². The van der Waals surface area contributed by atoms with Gasteiger partial charge in [-0.2, -0.15) is 0 Å². The molecule has 3 heteroatoms. The van der Waals surface area contributed by atoms with Gasteiger partial charge in [-0.25, -0.2) is 0 Å². The summed E-state index contributed by atoms with van der Waals surface area (Å²) in [5, 5.41) is 1.47. The van der Waals surface area contributed by atoms with Crippen molar-refractivity contribution in [1.29, 1.82) is 0 Å². The number of ketones is 1. The maximum Gasteiger partial charge on any atom is 0.133 e. The molecule has 1 nitrogen and oxygen atoms in total. The summed E-state index contributed by atoms with van der Waals surface area (Å²) in [7, 11) is 0. The van der Waals surface area contributed by atoms with Crippen LogP contribution in [0.2, 0.25) is 10.0 Å². The fourth-order valence-electron chi connectivity index (χ4n) is 2.47. The zero-order chi connectivity index (χ0) is 12.3. The van der Waals surface area contributed by atoms with Gasteiger partial charge in [0.2, 0.25) is 0 Å². The van der Waals surface area contributed by atoms with Crippen molar-refractivity contribution in [2.45, 2.75) is 38.5 Å². The molecule has 0 N–H and O–H groups in total. The Kier molecular flexibility index (Phi) is 4.47. The largest absolute Gasteiger partial charge is 0.300 e. The lowest BCUT2D eigenvalue weighted by Crippen LogP contribution is -2.08. The third-order valence-corrected chi connectivity index (χ3v) is 3.95.